The van der Waals surface area contributed by atoms with Crippen molar-refractivity contribution in [3.8, 4) is 0 Å². The van der Waals surface area contributed by atoms with Gasteiger partial charge in [0.05, 0.1) is 0 Å². The van der Waals surface area contributed by atoms with E-state index in [9.17, 15) is 14.4 Å². The minimum atomic E-state index is -0.995. The molecule has 10 nitrogen and oxygen atoms in total. The van der Waals surface area contributed by atoms with Crippen LogP contribution in [0.2, 0.25) is 0 Å². The molecule has 0 aromatic carbocycles. The molecule has 0 aliphatic carbocycles. The second-order valence-electron chi connectivity index (χ2n) is 1.67. The zero-order valence-corrected chi connectivity index (χ0v) is 9.27. The first-order valence-corrected chi connectivity index (χ1v) is 3.53. The van der Waals surface area contributed by atoms with E-state index in [2.05, 4.69) is 0 Å². The molecule has 0 fully saturated rings. The van der Waals surface area contributed by atoms with E-state index >= 15 is 0 Å². The third kappa shape index (κ3) is 96.1. The van der Waals surface area contributed by atoms with Gasteiger partial charge < -0.3 is 37.4 Å². The first-order valence-electron chi connectivity index (χ1n) is 3.53. The molecule has 0 aliphatic rings. The van der Waals surface area contributed by atoms with Crippen molar-refractivity contribution in [3.05, 3.63) is 0 Å². The van der Waals surface area contributed by atoms with Gasteiger partial charge in [0.1, 0.15) is 0 Å². The van der Waals surface area contributed by atoms with E-state index in [0.29, 0.717) is 0 Å². The lowest BCUT2D eigenvalue weighted by atomic mass is 11.1. The average Bonchev–Trinajstić information content (AvgIpc) is 2.19. The van der Waals surface area contributed by atoms with Gasteiger partial charge in [-0.2, -0.15) is 0 Å². The van der Waals surface area contributed by atoms with Crippen molar-refractivity contribution in [2.24, 2.45) is 0 Å². The number of amides is 3. The zero-order chi connectivity index (χ0) is 12.9. The van der Waals surface area contributed by atoms with E-state index in [-0.39, 0.29) is 6.15 Å². The lowest BCUT2D eigenvalue weighted by Gasteiger charge is -1.78. The first kappa shape index (κ1) is 23.5. The second-order valence-corrected chi connectivity index (χ2v) is 1.67. The van der Waals surface area contributed by atoms with Gasteiger partial charge in [-0.05, 0) is 0 Å². The molecular weight excluding hydrogens is 224 g/mol. The Hall–Kier alpha value is -2.23. The highest BCUT2D eigenvalue weighted by atomic mass is 16.4. The topological polar surface area (TPSA) is 183 Å². The van der Waals surface area contributed by atoms with Crippen LogP contribution in [0.1, 0.15) is 0 Å². The van der Waals surface area contributed by atoms with Gasteiger partial charge in [-0.15, -0.1) is 0 Å². The normalized spacial score (nSPS) is 6.19. The van der Waals surface area contributed by atoms with E-state index < -0.39 is 18.3 Å². The molecule has 0 unspecified atom stereocenters. The highest BCUT2D eigenvalue weighted by molar-refractivity contribution is 5.64. The fourth-order valence-corrected chi connectivity index (χ4v) is 0. The molecule has 9 N–H and O–H groups in total. The van der Waals surface area contributed by atoms with Gasteiger partial charge in [0.15, 0.2) is 0 Å². The van der Waals surface area contributed by atoms with Gasteiger partial charge in [-0.1, -0.05) is 0 Å². The van der Waals surface area contributed by atoms with Crippen LogP contribution in [-0.2, 0) is 0 Å². The van der Waals surface area contributed by atoms with E-state index in [0.717, 1.165) is 0 Å². The highest BCUT2D eigenvalue weighted by Crippen LogP contribution is 1.46. The van der Waals surface area contributed by atoms with E-state index in [1.165, 1.54) is 21.1 Å². The number of nitrogens with one attached hydrogen (secondary N) is 3. The zero-order valence-electron chi connectivity index (χ0n) is 9.27. The molecule has 0 saturated carbocycles. The Morgan fingerprint density at radius 3 is 0.750 bits per heavy atom. The molecule has 0 bridgehead atoms. The Balaban J connectivity index is -0.0000000655. The first-order chi connectivity index (χ1) is 6.81. The predicted molar refractivity (Wildman–Crippen MR) is 56.3 cm³/mol. The van der Waals surface area contributed by atoms with Crippen LogP contribution >= 0.6 is 0 Å². The Morgan fingerprint density at radius 2 is 0.750 bits per heavy atom. The van der Waals surface area contributed by atoms with Crippen LogP contribution < -0.4 is 22.1 Å². The third-order valence-corrected chi connectivity index (χ3v) is 0.642. The third-order valence-electron chi connectivity index (χ3n) is 0.642. The standard InChI is InChI=1S/3C2H5NO2.H3N/c3*1-3-2(4)5;/h3*3H,1H3,(H,4,5);1H3. The van der Waals surface area contributed by atoms with Crippen LogP contribution in [0.4, 0.5) is 14.4 Å². The molecule has 0 aromatic heterocycles. The Bertz CT molecular complexity index is 164. The molecule has 0 rings (SSSR count). The van der Waals surface area contributed by atoms with Crippen LogP contribution in [0, 0.1) is 0 Å². The van der Waals surface area contributed by atoms with E-state index in [1.807, 2.05) is 16.0 Å². The molecule has 16 heavy (non-hydrogen) atoms. The van der Waals surface area contributed by atoms with Crippen LogP contribution in [0.25, 0.3) is 0 Å². The van der Waals surface area contributed by atoms with Crippen molar-refractivity contribution in [1.82, 2.24) is 22.1 Å². The van der Waals surface area contributed by atoms with Crippen molar-refractivity contribution in [2.45, 2.75) is 0 Å². The summed E-state index contributed by atoms with van der Waals surface area (Å²) in [7, 11) is 4.05. The van der Waals surface area contributed by atoms with Crippen molar-refractivity contribution in [2.75, 3.05) is 21.1 Å². The number of carboxylic acid groups (broad SMARTS) is 3. The molecule has 0 atom stereocenters. The lowest BCUT2D eigenvalue weighted by Crippen LogP contribution is -2.13. The van der Waals surface area contributed by atoms with Crippen LogP contribution in [-0.4, -0.2) is 54.7 Å². The Kier molecular flexibility index (Phi) is 27.2. The minimum absolute atomic E-state index is 0. The number of carbonyl (C=O) groups is 3. The van der Waals surface area contributed by atoms with Gasteiger partial charge in [-0.3, -0.25) is 0 Å². The molecule has 0 spiro atoms. The smallest absolute Gasteiger partial charge is 0.404 e. The molecule has 3 amide bonds. The molecule has 0 heterocycles. The van der Waals surface area contributed by atoms with Crippen molar-refractivity contribution in [3.63, 3.8) is 0 Å². The molecule has 0 aliphatic heterocycles. The largest absolute Gasteiger partial charge is 0.465 e. The molecule has 98 valence electrons. The predicted octanol–water partition coefficient (Wildman–Crippen LogP) is -0.187. The molecule has 0 aromatic rings. The Morgan fingerprint density at radius 1 is 0.688 bits per heavy atom. The number of rotatable bonds is 0. The summed E-state index contributed by atoms with van der Waals surface area (Å²) in [6, 6.07) is 0. The maximum atomic E-state index is 9.26. The summed E-state index contributed by atoms with van der Waals surface area (Å²) in [5, 5.41) is 28.7. The lowest BCUT2D eigenvalue weighted by molar-refractivity contribution is 0.196. The quantitative estimate of drug-likeness (QED) is 0.307. The van der Waals surface area contributed by atoms with Gasteiger partial charge in [0.2, 0.25) is 0 Å². The summed E-state index contributed by atoms with van der Waals surface area (Å²) in [5.41, 5.74) is 0. The van der Waals surface area contributed by atoms with Gasteiger partial charge in [0, 0.05) is 21.1 Å². The van der Waals surface area contributed by atoms with Crippen molar-refractivity contribution >= 4 is 18.3 Å². The summed E-state index contributed by atoms with van der Waals surface area (Å²) in [4.78, 5) is 27.8. The van der Waals surface area contributed by atoms with Gasteiger partial charge in [-0.25, -0.2) is 14.4 Å². The molecule has 0 radical (unpaired) electrons. The van der Waals surface area contributed by atoms with E-state index in [1.54, 1.807) is 0 Å². The van der Waals surface area contributed by atoms with Gasteiger partial charge in [0.25, 0.3) is 0 Å². The Labute approximate surface area is 92.2 Å². The van der Waals surface area contributed by atoms with Crippen molar-refractivity contribution in [1.29, 1.82) is 0 Å². The van der Waals surface area contributed by atoms with Crippen molar-refractivity contribution < 1.29 is 29.7 Å². The second kappa shape index (κ2) is 18.5. The highest BCUT2D eigenvalue weighted by Gasteiger charge is 1.77. The summed E-state index contributed by atoms with van der Waals surface area (Å²) < 4.78 is 0. The van der Waals surface area contributed by atoms with Crippen LogP contribution in [0.3, 0.4) is 0 Å². The summed E-state index contributed by atoms with van der Waals surface area (Å²) >= 11 is 0. The minimum Gasteiger partial charge on any atom is -0.465 e. The fourth-order valence-electron chi connectivity index (χ4n) is 0. The monoisotopic (exact) mass is 242 g/mol. The summed E-state index contributed by atoms with van der Waals surface area (Å²) in [5.74, 6) is 0. The maximum absolute atomic E-state index is 9.26. The maximum Gasteiger partial charge on any atom is 0.404 e. The van der Waals surface area contributed by atoms with Gasteiger partial charge >= 0.3 is 18.3 Å². The van der Waals surface area contributed by atoms with Crippen LogP contribution in [0.5, 0.6) is 0 Å². The number of hydrogen-bond donors (Lipinski definition) is 7. The molecule has 0 saturated heterocycles. The number of hydrogen-bond acceptors (Lipinski definition) is 4. The fraction of sp³-hybridized carbons (Fsp3) is 0.500. The molecular formula is C6H18N4O6. The summed E-state index contributed by atoms with van der Waals surface area (Å²) in [6.07, 6.45) is -2.99. The molecule has 10 heteroatoms. The SMILES string of the molecule is CNC(=O)O.CNC(=O)O.CNC(=O)O.N. The van der Waals surface area contributed by atoms with E-state index in [4.69, 9.17) is 15.3 Å². The average molecular weight is 242 g/mol. The summed E-state index contributed by atoms with van der Waals surface area (Å²) in [6.45, 7) is 0. The van der Waals surface area contributed by atoms with Crippen LogP contribution in [0.15, 0.2) is 0 Å².